The van der Waals surface area contributed by atoms with Crippen LogP contribution in [0, 0.1) is 0 Å². The summed E-state index contributed by atoms with van der Waals surface area (Å²) in [6, 6.07) is 0. The van der Waals surface area contributed by atoms with Crippen LogP contribution in [0.4, 0.5) is 0 Å². The number of ether oxygens (including phenoxy) is 4. The minimum absolute atomic E-state index is 0.206. The van der Waals surface area contributed by atoms with Crippen LogP contribution in [0.5, 0.6) is 0 Å². The lowest BCUT2D eigenvalue weighted by Gasteiger charge is -2.39. The van der Waals surface area contributed by atoms with Crippen LogP contribution < -0.4 is 0 Å². The lowest BCUT2D eigenvalue weighted by Crippen LogP contribution is -2.59. The van der Waals surface area contributed by atoms with Gasteiger partial charge in [0.1, 0.15) is 31.0 Å². The Balaban J connectivity index is 2.27. The van der Waals surface area contributed by atoms with Gasteiger partial charge in [-0.15, -0.1) is 0 Å². The second-order valence-corrected chi connectivity index (χ2v) is 17.6. The molecule has 1 aliphatic rings. The monoisotopic (exact) mass is 879 g/mol. The summed E-state index contributed by atoms with van der Waals surface area (Å²) in [5.74, 6) is -0.822. The Bertz CT molecular complexity index is 1110. The molecule has 0 aromatic heterocycles. The summed E-state index contributed by atoms with van der Waals surface area (Å²) in [6.45, 7) is 3.40. The maximum Gasteiger partial charge on any atom is 0.306 e. The number of aliphatic hydroxyl groups excluding tert-OH is 4. The van der Waals surface area contributed by atoms with Gasteiger partial charge in [0.05, 0.1) is 13.2 Å². The van der Waals surface area contributed by atoms with Gasteiger partial charge in [0.15, 0.2) is 12.4 Å². The van der Waals surface area contributed by atoms with Crippen LogP contribution in [-0.2, 0) is 28.5 Å². The second-order valence-electron chi connectivity index (χ2n) is 17.6. The van der Waals surface area contributed by atoms with Crippen molar-refractivity contribution < 1.29 is 49.0 Å². The Morgan fingerprint density at radius 1 is 0.500 bits per heavy atom. The first kappa shape index (κ1) is 57.9. The standard InChI is InChI=1S/C52H94O10/c1-3-5-7-9-11-13-15-17-19-21-22-23-25-26-28-30-32-34-36-38-40-47(54)59-43-45(44-60-52-51(58)50(57)49(56)46(42-53)62-52)61-48(55)41-39-37-35-33-31-29-27-24-20-18-16-14-12-10-8-6-4-2/h12,14,18,20,27,29,45-46,49-53,56-58H,3-11,13,15-17,19,21-26,28,30-44H2,1-2H3/b14-12+,20-18+,29-27+/t45-,46-,49+,50?,51?,52-/m0/s1. The van der Waals surface area contributed by atoms with Crippen molar-refractivity contribution in [2.24, 2.45) is 0 Å². The first-order valence-electron chi connectivity index (χ1n) is 25.6. The highest BCUT2D eigenvalue weighted by Gasteiger charge is 2.44. The van der Waals surface area contributed by atoms with Gasteiger partial charge in [-0.2, -0.15) is 0 Å². The molecule has 0 spiro atoms. The predicted molar refractivity (Wildman–Crippen MR) is 252 cm³/mol. The summed E-state index contributed by atoms with van der Waals surface area (Å²) in [4.78, 5) is 25.4. The zero-order valence-corrected chi connectivity index (χ0v) is 39.6. The highest BCUT2D eigenvalue weighted by Crippen LogP contribution is 2.23. The van der Waals surface area contributed by atoms with E-state index in [1.54, 1.807) is 0 Å². The van der Waals surface area contributed by atoms with E-state index in [-0.39, 0.29) is 32.0 Å². The predicted octanol–water partition coefficient (Wildman–Crippen LogP) is 11.8. The number of unbranched alkanes of at least 4 members (excludes halogenated alkanes) is 26. The van der Waals surface area contributed by atoms with Crippen molar-refractivity contribution in [3.8, 4) is 0 Å². The summed E-state index contributed by atoms with van der Waals surface area (Å²) in [7, 11) is 0. The van der Waals surface area contributed by atoms with Crippen molar-refractivity contribution in [3.05, 3.63) is 36.5 Å². The normalized spacial score (nSPS) is 19.9. The number of hydrogen-bond acceptors (Lipinski definition) is 10. The van der Waals surface area contributed by atoms with Crippen molar-refractivity contribution in [2.45, 2.75) is 263 Å². The first-order valence-corrected chi connectivity index (χ1v) is 25.6. The third-order valence-corrected chi connectivity index (χ3v) is 11.8. The van der Waals surface area contributed by atoms with E-state index in [1.165, 1.54) is 135 Å². The summed E-state index contributed by atoms with van der Waals surface area (Å²) in [5, 5.41) is 40.2. The third kappa shape index (κ3) is 33.4. The van der Waals surface area contributed by atoms with Crippen LogP contribution in [0.1, 0.15) is 226 Å². The maximum atomic E-state index is 12.8. The molecule has 0 aromatic carbocycles. The van der Waals surface area contributed by atoms with Gasteiger partial charge in [-0.25, -0.2) is 0 Å². The molecule has 10 nitrogen and oxygen atoms in total. The largest absolute Gasteiger partial charge is 0.462 e. The zero-order valence-electron chi connectivity index (χ0n) is 39.6. The van der Waals surface area contributed by atoms with Crippen molar-refractivity contribution in [3.63, 3.8) is 0 Å². The zero-order chi connectivity index (χ0) is 45.1. The van der Waals surface area contributed by atoms with Gasteiger partial charge in [0, 0.05) is 12.8 Å². The fraction of sp³-hybridized carbons (Fsp3) is 0.846. The molecular weight excluding hydrogens is 785 g/mol. The van der Waals surface area contributed by atoms with Gasteiger partial charge in [0.25, 0.3) is 0 Å². The molecule has 1 fully saturated rings. The van der Waals surface area contributed by atoms with Crippen LogP contribution in [0.25, 0.3) is 0 Å². The molecule has 1 saturated heterocycles. The van der Waals surface area contributed by atoms with Crippen LogP contribution in [0.2, 0.25) is 0 Å². The van der Waals surface area contributed by atoms with Crippen LogP contribution in [0.3, 0.4) is 0 Å². The third-order valence-electron chi connectivity index (χ3n) is 11.8. The molecule has 0 aromatic rings. The Kier molecular flexibility index (Phi) is 40.0. The number of hydrogen-bond donors (Lipinski definition) is 4. The van der Waals surface area contributed by atoms with Gasteiger partial charge in [-0.05, 0) is 51.4 Å². The number of carbonyl (C=O) groups is 2. The Labute approximate surface area is 378 Å². The van der Waals surface area contributed by atoms with E-state index in [0.29, 0.717) is 6.42 Å². The molecule has 0 amide bonds. The topological polar surface area (TPSA) is 152 Å². The van der Waals surface area contributed by atoms with E-state index in [1.807, 2.05) is 0 Å². The van der Waals surface area contributed by atoms with E-state index in [2.05, 4.69) is 50.3 Å². The molecule has 1 rings (SSSR count). The van der Waals surface area contributed by atoms with Gasteiger partial charge < -0.3 is 39.4 Å². The Morgan fingerprint density at radius 3 is 1.39 bits per heavy atom. The molecule has 1 aliphatic heterocycles. The summed E-state index contributed by atoms with van der Waals surface area (Å²) in [6.07, 6.45) is 42.9. The molecule has 4 N–H and O–H groups in total. The van der Waals surface area contributed by atoms with Gasteiger partial charge in [-0.3, -0.25) is 9.59 Å². The number of esters is 2. The minimum atomic E-state index is -1.60. The maximum absolute atomic E-state index is 12.8. The van der Waals surface area contributed by atoms with Crippen LogP contribution in [0.15, 0.2) is 36.5 Å². The molecule has 6 atom stereocenters. The first-order chi connectivity index (χ1) is 30.3. The number of carbonyl (C=O) groups excluding carboxylic acids is 2. The van der Waals surface area contributed by atoms with Crippen molar-refractivity contribution in [2.75, 3.05) is 19.8 Å². The molecule has 0 saturated carbocycles. The quantitative estimate of drug-likeness (QED) is 0.0265. The molecular formula is C52H94O10. The molecule has 10 heteroatoms. The molecule has 2 unspecified atom stereocenters. The molecule has 1 heterocycles. The summed E-state index contributed by atoms with van der Waals surface area (Å²) in [5.41, 5.74) is 0. The summed E-state index contributed by atoms with van der Waals surface area (Å²) < 4.78 is 22.2. The number of allylic oxidation sites excluding steroid dienone is 6. The lowest BCUT2D eigenvalue weighted by molar-refractivity contribution is -0.305. The molecule has 62 heavy (non-hydrogen) atoms. The lowest BCUT2D eigenvalue weighted by atomic mass is 9.99. The molecule has 0 aliphatic carbocycles. The average molecular weight is 879 g/mol. The SMILES string of the molecule is CCCCC/C=C/C/C=C/C/C=C/CCCCCCC(=O)O[C@@H](COC(=O)CCCCCCCCCCCCCCCCCCCCCC)CO[C@H]1O[C@@H](CO)[C@@H](O)C(O)C1O. The van der Waals surface area contributed by atoms with Crippen LogP contribution in [-0.4, -0.2) is 89.0 Å². The van der Waals surface area contributed by atoms with Gasteiger partial charge in [0.2, 0.25) is 0 Å². The highest BCUT2D eigenvalue weighted by molar-refractivity contribution is 5.70. The van der Waals surface area contributed by atoms with E-state index in [4.69, 9.17) is 18.9 Å². The smallest absolute Gasteiger partial charge is 0.306 e. The second kappa shape index (κ2) is 42.8. The fourth-order valence-electron chi connectivity index (χ4n) is 7.73. The number of aliphatic hydroxyl groups is 4. The number of rotatable bonds is 43. The Morgan fingerprint density at radius 2 is 0.903 bits per heavy atom. The van der Waals surface area contributed by atoms with E-state index < -0.39 is 49.4 Å². The van der Waals surface area contributed by atoms with E-state index in [0.717, 1.165) is 57.8 Å². The van der Waals surface area contributed by atoms with Gasteiger partial charge >= 0.3 is 11.9 Å². The average Bonchev–Trinajstić information content (AvgIpc) is 3.27. The van der Waals surface area contributed by atoms with Crippen molar-refractivity contribution in [1.82, 2.24) is 0 Å². The van der Waals surface area contributed by atoms with E-state index >= 15 is 0 Å². The van der Waals surface area contributed by atoms with Crippen LogP contribution >= 0.6 is 0 Å². The van der Waals surface area contributed by atoms with Crippen molar-refractivity contribution in [1.29, 1.82) is 0 Å². The summed E-state index contributed by atoms with van der Waals surface area (Å²) >= 11 is 0. The van der Waals surface area contributed by atoms with Crippen molar-refractivity contribution >= 4 is 11.9 Å². The molecule has 0 bridgehead atoms. The highest BCUT2D eigenvalue weighted by atomic mass is 16.7. The Hall–Kier alpha value is -2.08. The molecule has 0 radical (unpaired) electrons. The van der Waals surface area contributed by atoms with Gasteiger partial charge in [-0.1, -0.05) is 198 Å². The molecule has 362 valence electrons. The van der Waals surface area contributed by atoms with E-state index in [9.17, 15) is 30.0 Å². The minimum Gasteiger partial charge on any atom is -0.462 e. The fourth-order valence-corrected chi connectivity index (χ4v) is 7.73.